The molecule has 1 saturated carbocycles. The van der Waals surface area contributed by atoms with Gasteiger partial charge in [0, 0.05) is 10.8 Å². The van der Waals surface area contributed by atoms with Crippen LogP contribution in [0.3, 0.4) is 0 Å². The smallest absolute Gasteiger partial charge is 0.230 e. The predicted octanol–water partition coefficient (Wildman–Crippen LogP) is 4.39. The second-order valence-corrected chi connectivity index (χ2v) is 6.44. The Morgan fingerprint density at radius 2 is 2.14 bits per heavy atom. The summed E-state index contributed by atoms with van der Waals surface area (Å²) in [6.45, 7) is 4.29. The lowest BCUT2D eigenvalue weighted by atomic mass is 9.68. The highest BCUT2D eigenvalue weighted by molar-refractivity contribution is 5.96. The molecule has 1 aliphatic rings. The molecule has 0 bridgehead atoms. The van der Waals surface area contributed by atoms with Crippen LogP contribution in [-0.2, 0) is 4.79 Å². The van der Waals surface area contributed by atoms with Crippen LogP contribution in [0.2, 0.25) is 0 Å². The van der Waals surface area contributed by atoms with E-state index in [1.807, 2.05) is 30.3 Å². The minimum Gasteiger partial charge on any atom is -0.324 e. The fraction of sp³-hybridized carbons (Fsp3) is 0.444. The lowest BCUT2D eigenvalue weighted by molar-refractivity contribution is -0.129. The van der Waals surface area contributed by atoms with E-state index in [1.165, 1.54) is 6.42 Å². The molecular formula is C18H22N2O. The fourth-order valence-corrected chi connectivity index (χ4v) is 3.26. The van der Waals surface area contributed by atoms with Gasteiger partial charge in [0.25, 0.3) is 0 Å². The molecule has 3 heteroatoms. The first-order chi connectivity index (χ1) is 10.1. The third kappa shape index (κ3) is 2.65. The standard InChI is InChI=1S/C18H22N2O/c1-13-7-5-6-10-18(13,2)17(21)20-15-11-14-8-3-4-9-16(14)19-12-15/h3-4,8-9,11-13H,5-7,10H2,1-2H3,(H,20,21). The zero-order valence-corrected chi connectivity index (χ0v) is 12.7. The Morgan fingerprint density at radius 1 is 1.33 bits per heavy atom. The van der Waals surface area contributed by atoms with Crippen molar-refractivity contribution in [1.82, 2.24) is 4.98 Å². The molecule has 1 aromatic carbocycles. The van der Waals surface area contributed by atoms with Crippen molar-refractivity contribution in [3.8, 4) is 0 Å². The van der Waals surface area contributed by atoms with E-state index in [2.05, 4.69) is 24.1 Å². The first-order valence-electron chi connectivity index (χ1n) is 7.76. The molecule has 2 atom stereocenters. The van der Waals surface area contributed by atoms with Gasteiger partial charge in [0.15, 0.2) is 0 Å². The van der Waals surface area contributed by atoms with Crippen LogP contribution in [0.15, 0.2) is 36.5 Å². The normalized spacial score (nSPS) is 25.7. The van der Waals surface area contributed by atoms with Crippen molar-refractivity contribution in [1.29, 1.82) is 0 Å². The van der Waals surface area contributed by atoms with Crippen LogP contribution in [0.4, 0.5) is 5.69 Å². The number of nitrogens with one attached hydrogen (secondary N) is 1. The Bertz CT molecular complexity index is 667. The molecule has 2 unspecified atom stereocenters. The Hall–Kier alpha value is -1.90. The average molecular weight is 282 g/mol. The third-order valence-corrected chi connectivity index (χ3v) is 5.04. The summed E-state index contributed by atoms with van der Waals surface area (Å²) in [5.41, 5.74) is 1.48. The molecule has 1 amide bonds. The van der Waals surface area contributed by atoms with Gasteiger partial charge in [-0.15, -0.1) is 0 Å². The maximum atomic E-state index is 12.7. The summed E-state index contributed by atoms with van der Waals surface area (Å²) >= 11 is 0. The SMILES string of the molecule is CC1CCCCC1(C)C(=O)Nc1cnc2ccccc2c1. The van der Waals surface area contributed by atoms with Crippen LogP contribution in [0.5, 0.6) is 0 Å². The maximum Gasteiger partial charge on any atom is 0.230 e. The Labute approximate surface area is 125 Å². The van der Waals surface area contributed by atoms with Crippen LogP contribution in [0.1, 0.15) is 39.5 Å². The van der Waals surface area contributed by atoms with Gasteiger partial charge in [-0.25, -0.2) is 0 Å². The van der Waals surface area contributed by atoms with E-state index in [0.717, 1.165) is 35.9 Å². The summed E-state index contributed by atoms with van der Waals surface area (Å²) in [7, 11) is 0. The van der Waals surface area contributed by atoms with Gasteiger partial charge in [0.2, 0.25) is 5.91 Å². The number of rotatable bonds is 2. The summed E-state index contributed by atoms with van der Waals surface area (Å²) in [6.07, 6.45) is 6.24. The highest BCUT2D eigenvalue weighted by Gasteiger charge is 2.40. The molecule has 0 spiro atoms. The molecule has 3 rings (SSSR count). The second kappa shape index (κ2) is 5.47. The van der Waals surface area contributed by atoms with Crippen molar-refractivity contribution in [2.75, 3.05) is 5.32 Å². The molecule has 3 nitrogen and oxygen atoms in total. The molecule has 1 N–H and O–H groups in total. The van der Waals surface area contributed by atoms with Crippen LogP contribution in [-0.4, -0.2) is 10.9 Å². The zero-order valence-electron chi connectivity index (χ0n) is 12.7. The Morgan fingerprint density at radius 3 is 2.95 bits per heavy atom. The number of carbonyl (C=O) groups is 1. The Kier molecular flexibility index (Phi) is 3.66. The molecule has 0 saturated heterocycles. The number of carbonyl (C=O) groups excluding carboxylic acids is 1. The first-order valence-corrected chi connectivity index (χ1v) is 7.76. The Balaban J connectivity index is 1.82. The monoisotopic (exact) mass is 282 g/mol. The largest absolute Gasteiger partial charge is 0.324 e. The lowest BCUT2D eigenvalue weighted by Crippen LogP contribution is -2.41. The van der Waals surface area contributed by atoms with Crippen molar-refractivity contribution >= 4 is 22.5 Å². The van der Waals surface area contributed by atoms with Crippen molar-refractivity contribution in [2.45, 2.75) is 39.5 Å². The molecule has 0 aliphatic heterocycles. The van der Waals surface area contributed by atoms with Crippen LogP contribution < -0.4 is 5.32 Å². The minimum atomic E-state index is -0.260. The quantitative estimate of drug-likeness (QED) is 0.887. The molecule has 2 aromatic rings. The highest BCUT2D eigenvalue weighted by Crippen LogP contribution is 2.41. The van der Waals surface area contributed by atoms with Gasteiger partial charge in [-0.2, -0.15) is 0 Å². The number of fused-ring (bicyclic) bond motifs is 1. The second-order valence-electron chi connectivity index (χ2n) is 6.44. The number of hydrogen-bond donors (Lipinski definition) is 1. The van der Waals surface area contributed by atoms with E-state index in [9.17, 15) is 4.79 Å². The zero-order chi connectivity index (χ0) is 14.9. The summed E-state index contributed by atoms with van der Waals surface area (Å²) in [5.74, 6) is 0.562. The van der Waals surface area contributed by atoms with Crippen LogP contribution >= 0.6 is 0 Å². The molecule has 1 aromatic heterocycles. The number of aromatic nitrogens is 1. The highest BCUT2D eigenvalue weighted by atomic mass is 16.2. The van der Waals surface area contributed by atoms with Crippen molar-refractivity contribution in [2.24, 2.45) is 11.3 Å². The van der Waals surface area contributed by atoms with Gasteiger partial charge in [0.05, 0.1) is 17.4 Å². The van der Waals surface area contributed by atoms with Crippen molar-refractivity contribution < 1.29 is 4.79 Å². The molecule has 1 aliphatic carbocycles. The van der Waals surface area contributed by atoms with E-state index in [4.69, 9.17) is 0 Å². The molecule has 1 fully saturated rings. The number of amides is 1. The molecule has 0 radical (unpaired) electrons. The van der Waals surface area contributed by atoms with Gasteiger partial charge >= 0.3 is 0 Å². The third-order valence-electron chi connectivity index (χ3n) is 5.04. The number of nitrogens with zero attached hydrogens (tertiary/aromatic N) is 1. The van der Waals surface area contributed by atoms with Gasteiger partial charge in [-0.1, -0.05) is 44.9 Å². The van der Waals surface area contributed by atoms with E-state index >= 15 is 0 Å². The topological polar surface area (TPSA) is 42.0 Å². The summed E-state index contributed by atoms with van der Waals surface area (Å²) < 4.78 is 0. The average Bonchev–Trinajstić information content (AvgIpc) is 2.50. The van der Waals surface area contributed by atoms with E-state index in [1.54, 1.807) is 6.20 Å². The van der Waals surface area contributed by atoms with Crippen molar-refractivity contribution in [3.63, 3.8) is 0 Å². The number of benzene rings is 1. The van der Waals surface area contributed by atoms with Gasteiger partial charge in [0.1, 0.15) is 0 Å². The number of hydrogen-bond acceptors (Lipinski definition) is 2. The van der Waals surface area contributed by atoms with E-state index < -0.39 is 0 Å². The van der Waals surface area contributed by atoms with Crippen LogP contribution in [0.25, 0.3) is 10.9 Å². The van der Waals surface area contributed by atoms with Gasteiger partial charge in [-0.05, 0) is 30.9 Å². The van der Waals surface area contributed by atoms with E-state index in [-0.39, 0.29) is 11.3 Å². The summed E-state index contributed by atoms with van der Waals surface area (Å²) in [6, 6.07) is 9.95. The molecule has 21 heavy (non-hydrogen) atoms. The number of anilines is 1. The first kappa shape index (κ1) is 14.1. The maximum absolute atomic E-state index is 12.7. The fourth-order valence-electron chi connectivity index (χ4n) is 3.26. The minimum absolute atomic E-state index is 0.131. The van der Waals surface area contributed by atoms with E-state index in [0.29, 0.717) is 5.92 Å². The number of pyridine rings is 1. The molecular weight excluding hydrogens is 260 g/mol. The summed E-state index contributed by atoms with van der Waals surface area (Å²) in [4.78, 5) is 17.1. The van der Waals surface area contributed by atoms with Crippen molar-refractivity contribution in [3.05, 3.63) is 36.5 Å². The molecule has 1 heterocycles. The van der Waals surface area contributed by atoms with Crippen LogP contribution in [0, 0.1) is 11.3 Å². The lowest BCUT2D eigenvalue weighted by Gasteiger charge is -2.38. The molecule has 110 valence electrons. The van der Waals surface area contributed by atoms with Gasteiger partial charge in [-0.3, -0.25) is 9.78 Å². The number of para-hydroxylation sites is 1. The summed E-state index contributed by atoms with van der Waals surface area (Å²) in [5, 5.41) is 4.13. The van der Waals surface area contributed by atoms with Gasteiger partial charge < -0.3 is 5.32 Å². The predicted molar refractivity (Wildman–Crippen MR) is 86.1 cm³/mol.